The SMILES string of the molecule is CSCCC(NC(=O)c1ccc(CN(Cc2cncs2)c2cc(F)cc(F)c2)cc1-c1ccccc1C)C(=O)[O-].[Li+]. The zero-order valence-electron chi connectivity index (χ0n) is 23.0. The molecule has 1 unspecified atom stereocenters. The van der Waals surface area contributed by atoms with Gasteiger partial charge < -0.3 is 20.1 Å². The molecule has 0 spiro atoms. The average Bonchev–Trinajstić information content (AvgIpc) is 3.43. The summed E-state index contributed by atoms with van der Waals surface area (Å²) in [6, 6.07) is 15.1. The van der Waals surface area contributed by atoms with Crippen LogP contribution in [0.25, 0.3) is 11.1 Å². The molecule has 0 saturated carbocycles. The minimum atomic E-state index is -1.34. The number of aryl methyl sites for hydroxylation is 1. The fraction of sp³-hybridized carbons (Fsp3) is 0.233. The number of carboxylic acid groups (broad SMARTS) is 1. The van der Waals surface area contributed by atoms with E-state index in [1.807, 2.05) is 48.4 Å². The van der Waals surface area contributed by atoms with E-state index in [2.05, 4.69) is 10.3 Å². The molecule has 41 heavy (non-hydrogen) atoms. The Kier molecular flexibility index (Phi) is 12.0. The van der Waals surface area contributed by atoms with Gasteiger partial charge in [0.15, 0.2) is 0 Å². The van der Waals surface area contributed by atoms with E-state index in [9.17, 15) is 23.5 Å². The Bertz CT molecular complexity index is 1470. The topological polar surface area (TPSA) is 85.4 Å². The van der Waals surface area contributed by atoms with Crippen LogP contribution < -0.4 is 34.2 Å². The van der Waals surface area contributed by atoms with Gasteiger partial charge in [0.2, 0.25) is 0 Å². The molecule has 1 heterocycles. The first-order chi connectivity index (χ1) is 19.2. The Hall–Kier alpha value is -3.16. The van der Waals surface area contributed by atoms with Crippen LogP contribution in [0, 0.1) is 18.6 Å². The Morgan fingerprint density at radius 1 is 1.05 bits per heavy atom. The van der Waals surface area contributed by atoms with Gasteiger partial charge >= 0.3 is 18.9 Å². The molecule has 0 radical (unpaired) electrons. The molecule has 1 atom stereocenters. The van der Waals surface area contributed by atoms with Gasteiger partial charge in [0.25, 0.3) is 5.91 Å². The summed E-state index contributed by atoms with van der Waals surface area (Å²) in [7, 11) is 0. The monoisotopic (exact) mass is 587 g/mol. The molecule has 6 nitrogen and oxygen atoms in total. The number of amides is 1. The molecule has 1 aromatic heterocycles. The molecule has 208 valence electrons. The molecule has 1 N–H and O–H groups in total. The summed E-state index contributed by atoms with van der Waals surface area (Å²) in [5, 5.41) is 14.3. The first-order valence-electron chi connectivity index (χ1n) is 12.5. The predicted molar refractivity (Wildman–Crippen MR) is 154 cm³/mol. The number of thiazole rings is 1. The Labute approximate surface area is 258 Å². The van der Waals surface area contributed by atoms with E-state index in [-0.39, 0.29) is 31.8 Å². The van der Waals surface area contributed by atoms with E-state index in [0.717, 1.165) is 27.6 Å². The fourth-order valence-corrected chi connectivity index (χ4v) is 5.48. The van der Waals surface area contributed by atoms with Crippen molar-refractivity contribution in [2.45, 2.75) is 32.5 Å². The number of thioether (sulfide) groups is 1. The van der Waals surface area contributed by atoms with Crippen LogP contribution in [0.2, 0.25) is 0 Å². The van der Waals surface area contributed by atoms with Crippen molar-refractivity contribution in [3.05, 3.63) is 106 Å². The molecule has 0 aliphatic heterocycles. The molecule has 4 rings (SSSR count). The van der Waals surface area contributed by atoms with Crippen LogP contribution in [0.3, 0.4) is 0 Å². The third-order valence-corrected chi connectivity index (χ3v) is 7.79. The predicted octanol–water partition coefficient (Wildman–Crippen LogP) is 2.21. The molecule has 11 heteroatoms. The average molecular weight is 588 g/mol. The molecule has 1 amide bonds. The van der Waals surface area contributed by atoms with Gasteiger partial charge in [-0.3, -0.25) is 9.78 Å². The molecular formula is C30H28F2LiN3O3S2. The summed E-state index contributed by atoms with van der Waals surface area (Å²) in [5.41, 5.74) is 5.55. The number of carbonyl (C=O) groups is 2. The second-order valence-corrected chi connectivity index (χ2v) is 11.2. The van der Waals surface area contributed by atoms with Crippen LogP contribution in [0.4, 0.5) is 14.5 Å². The van der Waals surface area contributed by atoms with Gasteiger partial charge in [-0.2, -0.15) is 11.8 Å². The molecule has 4 aromatic rings. The molecule has 0 aliphatic carbocycles. The van der Waals surface area contributed by atoms with Crippen LogP contribution in [0.5, 0.6) is 0 Å². The number of hydrogen-bond acceptors (Lipinski definition) is 7. The van der Waals surface area contributed by atoms with E-state index in [0.29, 0.717) is 29.1 Å². The third-order valence-electron chi connectivity index (χ3n) is 6.38. The molecule has 0 aliphatic rings. The third kappa shape index (κ3) is 8.66. The van der Waals surface area contributed by atoms with E-state index < -0.39 is 29.6 Å². The number of hydrogen-bond donors (Lipinski definition) is 1. The van der Waals surface area contributed by atoms with Crippen molar-refractivity contribution >= 4 is 40.7 Å². The normalized spacial score (nSPS) is 11.4. The van der Waals surface area contributed by atoms with Crippen molar-refractivity contribution < 1.29 is 42.3 Å². The molecule has 0 fully saturated rings. The maximum atomic E-state index is 14.1. The van der Waals surface area contributed by atoms with Gasteiger partial charge in [-0.25, -0.2) is 8.78 Å². The number of rotatable bonds is 12. The number of halogens is 2. The van der Waals surface area contributed by atoms with Gasteiger partial charge in [-0.1, -0.05) is 30.3 Å². The number of anilines is 1. The second kappa shape index (κ2) is 15.2. The largest absolute Gasteiger partial charge is 1.00 e. The first-order valence-corrected chi connectivity index (χ1v) is 14.8. The van der Waals surface area contributed by atoms with Crippen molar-refractivity contribution in [1.29, 1.82) is 0 Å². The smallest absolute Gasteiger partial charge is 0.548 e. The molecule has 0 saturated heterocycles. The van der Waals surface area contributed by atoms with Crippen LogP contribution in [0.1, 0.15) is 32.8 Å². The quantitative estimate of drug-likeness (QED) is 0.256. The summed E-state index contributed by atoms with van der Waals surface area (Å²) in [5.74, 6) is -2.66. The van der Waals surface area contributed by atoms with E-state index in [1.54, 1.807) is 23.8 Å². The van der Waals surface area contributed by atoms with Crippen molar-refractivity contribution in [1.82, 2.24) is 10.3 Å². The van der Waals surface area contributed by atoms with Gasteiger partial charge in [-0.05, 0) is 71.9 Å². The van der Waals surface area contributed by atoms with Crippen LogP contribution in [0.15, 0.2) is 72.4 Å². The fourth-order valence-electron chi connectivity index (χ4n) is 4.40. The van der Waals surface area contributed by atoms with Gasteiger partial charge in [0.1, 0.15) is 11.6 Å². The van der Waals surface area contributed by atoms with Crippen molar-refractivity contribution in [3.8, 4) is 11.1 Å². The number of carbonyl (C=O) groups excluding carboxylic acids is 2. The zero-order valence-corrected chi connectivity index (χ0v) is 24.7. The van der Waals surface area contributed by atoms with Gasteiger partial charge in [0.05, 0.1) is 24.1 Å². The number of aliphatic carboxylic acids is 1. The Morgan fingerprint density at radius 2 is 1.78 bits per heavy atom. The number of aromatic nitrogens is 1. The second-order valence-electron chi connectivity index (χ2n) is 9.27. The first kappa shape index (κ1) is 32.4. The van der Waals surface area contributed by atoms with Gasteiger partial charge in [-0.15, -0.1) is 11.3 Å². The van der Waals surface area contributed by atoms with Crippen LogP contribution in [-0.2, 0) is 17.9 Å². The van der Waals surface area contributed by atoms with Crippen molar-refractivity contribution in [2.75, 3.05) is 16.9 Å². The zero-order chi connectivity index (χ0) is 28.6. The summed E-state index contributed by atoms with van der Waals surface area (Å²) >= 11 is 2.92. The van der Waals surface area contributed by atoms with E-state index >= 15 is 0 Å². The van der Waals surface area contributed by atoms with Crippen LogP contribution in [-0.4, -0.2) is 34.9 Å². The van der Waals surface area contributed by atoms with Crippen molar-refractivity contribution in [3.63, 3.8) is 0 Å². The maximum absolute atomic E-state index is 14.1. The number of nitrogens with zero attached hydrogens (tertiary/aromatic N) is 2. The summed E-state index contributed by atoms with van der Waals surface area (Å²) < 4.78 is 28.3. The standard InChI is InChI=1S/C30H29F2N3O3S2.Li/c1-19-5-3-4-6-25(19)27-11-20(7-8-26(27)29(36)34-28(30(37)38)9-10-39-2)16-35(17-24-15-33-18-40-24)23-13-21(31)12-22(32)14-23;/h3-8,11-15,18,28H,9-10,16-17H2,1-2H3,(H,34,36)(H,37,38);/q;+1/p-1. The number of carboxylic acids is 1. The minimum absolute atomic E-state index is 0. The summed E-state index contributed by atoms with van der Waals surface area (Å²) in [4.78, 5) is 31.9. The van der Waals surface area contributed by atoms with Crippen LogP contribution >= 0.6 is 23.1 Å². The molecular weight excluding hydrogens is 559 g/mol. The Balaban J connectivity index is 0.00000462. The van der Waals surface area contributed by atoms with E-state index in [4.69, 9.17) is 0 Å². The summed E-state index contributed by atoms with van der Waals surface area (Å²) in [6.07, 6.45) is 3.81. The summed E-state index contributed by atoms with van der Waals surface area (Å²) in [6.45, 7) is 2.59. The maximum Gasteiger partial charge on any atom is 1.00 e. The number of benzene rings is 3. The molecule has 0 bridgehead atoms. The van der Waals surface area contributed by atoms with Crippen molar-refractivity contribution in [2.24, 2.45) is 0 Å². The number of nitrogens with one attached hydrogen (secondary N) is 1. The Morgan fingerprint density at radius 3 is 2.41 bits per heavy atom. The molecule has 3 aromatic carbocycles. The van der Waals surface area contributed by atoms with E-state index in [1.165, 1.54) is 35.2 Å². The van der Waals surface area contributed by atoms with Gasteiger partial charge in [0, 0.05) is 34.9 Å². The minimum Gasteiger partial charge on any atom is -0.548 e.